The van der Waals surface area contributed by atoms with Crippen molar-refractivity contribution in [1.82, 2.24) is 4.57 Å². The highest BCUT2D eigenvalue weighted by molar-refractivity contribution is 7.25. The Labute approximate surface area is 303 Å². The molecule has 0 amide bonds. The number of thiophene rings is 1. The van der Waals surface area contributed by atoms with E-state index in [4.69, 9.17) is 0 Å². The second-order valence-electron chi connectivity index (χ2n) is 14.4. The van der Waals surface area contributed by atoms with Crippen LogP contribution in [0.3, 0.4) is 0 Å². The monoisotopic (exact) mass is 673 g/mol. The van der Waals surface area contributed by atoms with E-state index in [1.807, 2.05) is 11.3 Å². The second-order valence-corrected chi connectivity index (χ2v) is 15.5. The molecule has 0 aliphatic heterocycles. The van der Waals surface area contributed by atoms with E-state index in [9.17, 15) is 0 Å². The lowest BCUT2D eigenvalue weighted by molar-refractivity contribution is 1.19. The number of nitrogens with zero attached hydrogens (tertiary/aromatic N) is 1. The zero-order valence-electron chi connectivity index (χ0n) is 27.9. The molecule has 0 unspecified atom stereocenters. The van der Waals surface area contributed by atoms with Crippen LogP contribution in [-0.4, -0.2) is 4.57 Å². The number of hydrogen-bond acceptors (Lipinski definition) is 1. The van der Waals surface area contributed by atoms with Gasteiger partial charge in [0, 0.05) is 36.6 Å². The molecule has 0 spiro atoms. The Hall–Kier alpha value is -6.48. The third kappa shape index (κ3) is 3.34. The third-order valence-corrected chi connectivity index (χ3v) is 13.0. The predicted octanol–water partition coefficient (Wildman–Crippen LogP) is 14.4. The van der Waals surface area contributed by atoms with Gasteiger partial charge in [-0.2, -0.15) is 0 Å². The first kappa shape index (κ1) is 27.3. The standard InChI is InChI=1S/C50H27NS/c1-2-10-32-31(9-1)36-15-7-14-35-30(21-22-38(32)48(35)36)28-19-23-46-41(25-28)42-26-29(20-24-47(42)52-46)51-44-18-6-5-13-39(44)50-40-17-8-16-37-33-11-3-4-12-34(33)43(49(37)40)27-45(50)51/h1-27H. The van der Waals surface area contributed by atoms with Crippen LogP contribution in [0.1, 0.15) is 0 Å². The first-order valence-electron chi connectivity index (χ1n) is 18.0. The van der Waals surface area contributed by atoms with Crippen molar-refractivity contribution < 1.29 is 0 Å². The highest BCUT2D eigenvalue weighted by atomic mass is 32.1. The summed E-state index contributed by atoms with van der Waals surface area (Å²) in [5, 5.41) is 10.6. The average molecular weight is 674 g/mol. The van der Waals surface area contributed by atoms with Crippen molar-refractivity contribution in [3.63, 3.8) is 0 Å². The summed E-state index contributed by atoms with van der Waals surface area (Å²) in [5.41, 5.74) is 16.9. The zero-order valence-corrected chi connectivity index (χ0v) is 28.8. The summed E-state index contributed by atoms with van der Waals surface area (Å²) in [7, 11) is 0. The van der Waals surface area contributed by atoms with Crippen LogP contribution >= 0.6 is 11.3 Å². The van der Waals surface area contributed by atoms with Crippen LogP contribution in [0.5, 0.6) is 0 Å². The average Bonchev–Trinajstić information content (AvgIpc) is 3.93. The lowest BCUT2D eigenvalue weighted by Gasteiger charge is -2.11. The van der Waals surface area contributed by atoms with E-state index < -0.39 is 0 Å². The molecule has 1 nitrogen and oxygen atoms in total. The highest BCUT2D eigenvalue weighted by Crippen LogP contribution is 2.52. The molecule has 0 saturated heterocycles. The Balaban J connectivity index is 1.05. The van der Waals surface area contributed by atoms with Crippen LogP contribution in [0.15, 0.2) is 164 Å². The Morgan fingerprint density at radius 1 is 0.308 bits per heavy atom. The zero-order chi connectivity index (χ0) is 33.7. The molecule has 2 aliphatic carbocycles. The molecule has 0 saturated carbocycles. The Kier molecular flexibility index (Phi) is 5.06. The second kappa shape index (κ2) is 9.64. The minimum absolute atomic E-state index is 1.20. The fourth-order valence-corrected chi connectivity index (χ4v) is 10.8. The summed E-state index contributed by atoms with van der Waals surface area (Å²) < 4.78 is 5.14. The van der Waals surface area contributed by atoms with Crippen molar-refractivity contribution in [2.45, 2.75) is 0 Å². The van der Waals surface area contributed by atoms with Crippen LogP contribution < -0.4 is 0 Å². The number of fused-ring (bicyclic) bond motifs is 13. The van der Waals surface area contributed by atoms with Crippen LogP contribution in [0.4, 0.5) is 0 Å². The van der Waals surface area contributed by atoms with Gasteiger partial charge in [-0.3, -0.25) is 0 Å². The summed E-state index contributed by atoms with van der Waals surface area (Å²) in [4.78, 5) is 0. The van der Waals surface area contributed by atoms with Gasteiger partial charge in [0.15, 0.2) is 0 Å². The molecule has 2 aromatic heterocycles. The Morgan fingerprint density at radius 2 is 0.865 bits per heavy atom. The molecule has 2 heteroatoms. The molecule has 0 N–H and O–H groups in total. The van der Waals surface area contributed by atoms with Gasteiger partial charge in [-0.15, -0.1) is 11.3 Å². The minimum atomic E-state index is 1.20. The van der Waals surface area contributed by atoms with E-state index in [-0.39, 0.29) is 0 Å². The fourth-order valence-electron chi connectivity index (χ4n) is 9.74. The van der Waals surface area contributed by atoms with Gasteiger partial charge in [-0.1, -0.05) is 121 Å². The van der Waals surface area contributed by atoms with E-state index >= 15 is 0 Å². The van der Waals surface area contributed by atoms with Crippen molar-refractivity contribution in [3.05, 3.63) is 164 Å². The Bertz CT molecular complexity index is 3380. The van der Waals surface area contributed by atoms with Gasteiger partial charge in [0.25, 0.3) is 0 Å². The topological polar surface area (TPSA) is 4.93 Å². The summed E-state index contributed by atoms with van der Waals surface area (Å²) in [6, 6.07) is 61.6. The first-order valence-corrected chi connectivity index (χ1v) is 18.8. The first-order chi connectivity index (χ1) is 25.8. The number of rotatable bonds is 2. The summed E-state index contributed by atoms with van der Waals surface area (Å²) >= 11 is 1.89. The lowest BCUT2D eigenvalue weighted by Crippen LogP contribution is -1.94. The van der Waals surface area contributed by atoms with Gasteiger partial charge in [-0.05, 0) is 120 Å². The predicted molar refractivity (Wildman–Crippen MR) is 223 cm³/mol. The van der Waals surface area contributed by atoms with Crippen molar-refractivity contribution >= 4 is 74.9 Å². The third-order valence-electron chi connectivity index (χ3n) is 11.9. The molecule has 0 fully saturated rings. The maximum Gasteiger partial charge on any atom is 0.0553 e. The molecule has 238 valence electrons. The van der Waals surface area contributed by atoms with Crippen molar-refractivity contribution in [2.24, 2.45) is 0 Å². The molecule has 52 heavy (non-hydrogen) atoms. The summed E-state index contributed by atoms with van der Waals surface area (Å²) in [6.07, 6.45) is 0. The highest BCUT2D eigenvalue weighted by Gasteiger charge is 2.26. The van der Waals surface area contributed by atoms with Crippen LogP contribution in [-0.2, 0) is 0 Å². The number of hydrogen-bond donors (Lipinski definition) is 0. The molecule has 9 aromatic carbocycles. The fraction of sp³-hybridized carbons (Fsp3) is 0. The molecule has 0 atom stereocenters. The van der Waals surface area contributed by atoms with E-state index in [0.717, 1.165) is 0 Å². The van der Waals surface area contributed by atoms with E-state index in [0.29, 0.717) is 0 Å². The lowest BCUT2D eigenvalue weighted by atomic mass is 9.93. The molecule has 13 rings (SSSR count). The molecule has 2 aliphatic rings. The smallest absolute Gasteiger partial charge is 0.0553 e. The molecular weight excluding hydrogens is 647 g/mol. The van der Waals surface area contributed by atoms with Gasteiger partial charge in [0.1, 0.15) is 0 Å². The maximum atomic E-state index is 2.50. The SMILES string of the molecule is c1ccc2c(c1)-c1cccc3c(-c4ccc5sc6ccc(-n7c8ccccc8c8c9cccc%10c9c(cc87)-c7ccccc7-%10)cc6c5c4)ccc-2c13. The molecule has 0 bridgehead atoms. The van der Waals surface area contributed by atoms with Gasteiger partial charge in [0.2, 0.25) is 0 Å². The van der Waals surface area contributed by atoms with Crippen molar-refractivity contribution in [1.29, 1.82) is 0 Å². The van der Waals surface area contributed by atoms with Crippen LogP contribution in [0, 0.1) is 0 Å². The van der Waals surface area contributed by atoms with Crippen LogP contribution in [0.25, 0.3) is 125 Å². The molecular formula is C50H27NS. The number of benzene rings is 9. The van der Waals surface area contributed by atoms with Gasteiger partial charge < -0.3 is 4.57 Å². The molecule has 11 aromatic rings. The van der Waals surface area contributed by atoms with E-state index in [1.54, 1.807) is 0 Å². The van der Waals surface area contributed by atoms with E-state index in [1.165, 1.54) is 125 Å². The van der Waals surface area contributed by atoms with Crippen molar-refractivity contribution in [3.8, 4) is 61.3 Å². The largest absolute Gasteiger partial charge is 0.309 e. The minimum Gasteiger partial charge on any atom is -0.309 e. The van der Waals surface area contributed by atoms with E-state index in [2.05, 4.69) is 168 Å². The maximum absolute atomic E-state index is 2.50. The molecule has 2 heterocycles. The van der Waals surface area contributed by atoms with Gasteiger partial charge >= 0.3 is 0 Å². The normalized spacial score (nSPS) is 12.6. The van der Waals surface area contributed by atoms with Gasteiger partial charge in [-0.25, -0.2) is 0 Å². The van der Waals surface area contributed by atoms with Gasteiger partial charge in [0.05, 0.1) is 11.0 Å². The summed E-state index contributed by atoms with van der Waals surface area (Å²) in [5.74, 6) is 0. The number of aromatic nitrogens is 1. The molecule has 0 radical (unpaired) electrons. The van der Waals surface area contributed by atoms with Crippen LogP contribution in [0.2, 0.25) is 0 Å². The Morgan fingerprint density at radius 3 is 1.63 bits per heavy atom. The van der Waals surface area contributed by atoms with Crippen molar-refractivity contribution in [2.75, 3.05) is 0 Å². The number of para-hydroxylation sites is 1. The quantitative estimate of drug-likeness (QED) is 0.172. The summed E-state index contributed by atoms with van der Waals surface area (Å²) in [6.45, 7) is 0.